The first-order valence-corrected chi connectivity index (χ1v) is 9.87. The van der Waals surface area contributed by atoms with Crippen molar-refractivity contribution in [2.24, 2.45) is 0 Å². The summed E-state index contributed by atoms with van der Waals surface area (Å²) in [5.74, 6) is -0.379. The summed E-state index contributed by atoms with van der Waals surface area (Å²) in [5.41, 5.74) is 2.24. The average molecular weight is 401 g/mol. The Balaban J connectivity index is 1.65. The van der Waals surface area contributed by atoms with Crippen LogP contribution in [0.25, 0.3) is 0 Å². The van der Waals surface area contributed by atoms with Crippen LogP contribution < -0.4 is 10.6 Å². The van der Waals surface area contributed by atoms with Crippen molar-refractivity contribution < 1.29 is 14.0 Å². The summed E-state index contributed by atoms with van der Waals surface area (Å²) in [6.45, 7) is 0. The van der Waals surface area contributed by atoms with E-state index < -0.39 is 0 Å². The van der Waals surface area contributed by atoms with Crippen molar-refractivity contribution in [3.63, 3.8) is 0 Å². The fraction of sp³-hybridized carbons (Fsp3) is 0.200. The largest absolute Gasteiger partial charge is 0.459 e. The Labute approximate surface area is 165 Å². The summed E-state index contributed by atoms with van der Waals surface area (Å²) in [6, 6.07) is 10.2. The van der Waals surface area contributed by atoms with Crippen LogP contribution in [-0.2, 0) is 12.8 Å². The molecule has 7 heteroatoms. The second kappa shape index (κ2) is 7.58. The Morgan fingerprint density at radius 2 is 1.78 bits per heavy atom. The van der Waals surface area contributed by atoms with Gasteiger partial charge in [-0.1, -0.05) is 11.6 Å². The van der Waals surface area contributed by atoms with Crippen LogP contribution in [0.15, 0.2) is 47.1 Å². The molecule has 1 aromatic carbocycles. The smallest absolute Gasteiger partial charge is 0.291 e. The van der Waals surface area contributed by atoms with Gasteiger partial charge >= 0.3 is 0 Å². The van der Waals surface area contributed by atoms with Crippen molar-refractivity contribution in [2.75, 3.05) is 10.6 Å². The van der Waals surface area contributed by atoms with Crippen molar-refractivity contribution in [1.29, 1.82) is 0 Å². The number of fused-ring (bicyclic) bond motifs is 1. The zero-order valence-electron chi connectivity index (χ0n) is 14.4. The number of amides is 2. The lowest BCUT2D eigenvalue weighted by Gasteiger charge is -2.13. The topological polar surface area (TPSA) is 71.3 Å². The molecule has 138 valence electrons. The van der Waals surface area contributed by atoms with Gasteiger partial charge in [0.15, 0.2) is 5.76 Å². The molecular formula is C20H17ClN2O3S. The molecule has 27 heavy (non-hydrogen) atoms. The molecule has 2 amide bonds. The summed E-state index contributed by atoms with van der Waals surface area (Å²) in [6.07, 6.45) is 5.35. The van der Waals surface area contributed by atoms with Gasteiger partial charge in [-0.15, -0.1) is 11.3 Å². The number of anilines is 2. The fourth-order valence-electron chi connectivity index (χ4n) is 3.19. The maximum atomic E-state index is 13.0. The number of thiophene rings is 1. The van der Waals surface area contributed by atoms with Crippen LogP contribution >= 0.6 is 22.9 Å². The minimum Gasteiger partial charge on any atom is -0.459 e. The molecule has 3 aromatic rings. The average Bonchev–Trinajstić information content (AvgIpc) is 3.31. The quantitative estimate of drug-likeness (QED) is 0.617. The van der Waals surface area contributed by atoms with Gasteiger partial charge < -0.3 is 15.1 Å². The number of benzene rings is 1. The maximum absolute atomic E-state index is 13.0. The van der Waals surface area contributed by atoms with E-state index in [4.69, 9.17) is 16.0 Å². The standard InChI is InChI=1S/C20H17ClN2O3S/c21-12-7-9-13(10-8-12)22-19(25)17-14-4-1-2-6-16(14)27-20(17)23-18(24)15-5-3-11-26-15/h3,5,7-11H,1-2,4,6H2,(H,22,25)(H,23,24). The highest BCUT2D eigenvalue weighted by atomic mass is 35.5. The molecular weight excluding hydrogens is 384 g/mol. The molecule has 0 unspecified atom stereocenters. The molecule has 0 radical (unpaired) electrons. The summed E-state index contributed by atoms with van der Waals surface area (Å²) in [5, 5.41) is 6.92. The third-order valence-electron chi connectivity index (χ3n) is 4.47. The lowest BCUT2D eigenvalue weighted by Crippen LogP contribution is -2.18. The highest BCUT2D eigenvalue weighted by Crippen LogP contribution is 2.38. The Morgan fingerprint density at radius 1 is 1.00 bits per heavy atom. The summed E-state index contributed by atoms with van der Waals surface area (Å²) >= 11 is 7.38. The van der Waals surface area contributed by atoms with E-state index in [2.05, 4.69) is 10.6 Å². The van der Waals surface area contributed by atoms with Crippen LogP contribution in [0.5, 0.6) is 0 Å². The number of furan rings is 1. The molecule has 1 aliphatic carbocycles. The van der Waals surface area contributed by atoms with Gasteiger partial charge in [0, 0.05) is 15.6 Å². The molecule has 1 aliphatic rings. The molecule has 2 N–H and O–H groups in total. The van der Waals surface area contributed by atoms with Crippen molar-refractivity contribution in [2.45, 2.75) is 25.7 Å². The normalized spacial score (nSPS) is 13.1. The van der Waals surface area contributed by atoms with Crippen molar-refractivity contribution in [3.05, 3.63) is 69.4 Å². The third-order valence-corrected chi connectivity index (χ3v) is 5.93. The molecule has 4 rings (SSSR count). The van der Waals surface area contributed by atoms with E-state index in [9.17, 15) is 9.59 Å². The Morgan fingerprint density at radius 3 is 2.52 bits per heavy atom. The van der Waals surface area contributed by atoms with Gasteiger partial charge in [0.1, 0.15) is 5.00 Å². The molecule has 0 fully saturated rings. The van der Waals surface area contributed by atoms with Gasteiger partial charge in [0.25, 0.3) is 11.8 Å². The number of carbonyl (C=O) groups excluding carboxylic acids is 2. The molecule has 0 bridgehead atoms. The monoisotopic (exact) mass is 400 g/mol. The zero-order valence-corrected chi connectivity index (χ0v) is 16.0. The Kier molecular flexibility index (Phi) is 5.01. The van der Waals surface area contributed by atoms with Crippen LogP contribution in [0, 0.1) is 0 Å². The first kappa shape index (κ1) is 17.8. The minimum absolute atomic E-state index is 0.213. The number of hydrogen-bond donors (Lipinski definition) is 2. The summed E-state index contributed by atoms with van der Waals surface area (Å²) in [7, 11) is 0. The fourth-order valence-corrected chi connectivity index (χ4v) is 4.60. The van der Waals surface area contributed by atoms with Gasteiger partial charge in [-0.3, -0.25) is 9.59 Å². The number of rotatable bonds is 4. The van der Waals surface area contributed by atoms with Gasteiger partial charge in [0.2, 0.25) is 0 Å². The molecule has 0 aliphatic heterocycles. The van der Waals surface area contributed by atoms with E-state index in [1.165, 1.54) is 17.6 Å². The third kappa shape index (κ3) is 3.77. The number of hydrogen-bond acceptors (Lipinski definition) is 4. The SMILES string of the molecule is O=C(Nc1sc2c(c1C(=O)Nc1ccc(Cl)cc1)CCCC2)c1ccco1. The minimum atomic E-state index is -0.362. The predicted octanol–water partition coefficient (Wildman–Crippen LogP) is 5.38. The van der Waals surface area contributed by atoms with Crippen molar-refractivity contribution >= 4 is 45.4 Å². The number of halogens is 1. The molecule has 5 nitrogen and oxygen atoms in total. The second-order valence-electron chi connectivity index (χ2n) is 6.31. The van der Waals surface area contributed by atoms with E-state index in [-0.39, 0.29) is 17.6 Å². The molecule has 0 spiro atoms. The maximum Gasteiger partial charge on any atom is 0.291 e. The van der Waals surface area contributed by atoms with E-state index >= 15 is 0 Å². The van der Waals surface area contributed by atoms with E-state index in [0.29, 0.717) is 21.3 Å². The van der Waals surface area contributed by atoms with Crippen LogP contribution in [0.1, 0.15) is 44.2 Å². The molecule has 0 saturated carbocycles. The first-order valence-electron chi connectivity index (χ1n) is 8.68. The summed E-state index contributed by atoms with van der Waals surface area (Å²) in [4.78, 5) is 26.6. The van der Waals surface area contributed by atoms with E-state index in [0.717, 1.165) is 36.1 Å². The molecule has 0 saturated heterocycles. The van der Waals surface area contributed by atoms with Gasteiger partial charge in [-0.25, -0.2) is 0 Å². The van der Waals surface area contributed by atoms with Gasteiger partial charge in [-0.2, -0.15) is 0 Å². The number of nitrogens with one attached hydrogen (secondary N) is 2. The lowest BCUT2D eigenvalue weighted by molar-refractivity contribution is 0.0997. The summed E-state index contributed by atoms with van der Waals surface area (Å²) < 4.78 is 5.16. The number of aryl methyl sites for hydroxylation is 1. The Hall–Kier alpha value is -2.57. The molecule has 2 aromatic heterocycles. The lowest BCUT2D eigenvalue weighted by atomic mass is 9.95. The second-order valence-corrected chi connectivity index (χ2v) is 7.85. The molecule has 0 atom stereocenters. The number of carbonyl (C=O) groups is 2. The van der Waals surface area contributed by atoms with Crippen LogP contribution in [-0.4, -0.2) is 11.8 Å². The van der Waals surface area contributed by atoms with E-state index in [1.54, 1.807) is 36.4 Å². The van der Waals surface area contributed by atoms with E-state index in [1.807, 2.05) is 0 Å². The zero-order chi connectivity index (χ0) is 18.8. The van der Waals surface area contributed by atoms with Crippen LogP contribution in [0.2, 0.25) is 5.02 Å². The van der Waals surface area contributed by atoms with Gasteiger partial charge in [0.05, 0.1) is 11.8 Å². The highest BCUT2D eigenvalue weighted by Gasteiger charge is 2.27. The van der Waals surface area contributed by atoms with Crippen molar-refractivity contribution in [3.8, 4) is 0 Å². The van der Waals surface area contributed by atoms with Crippen LogP contribution in [0.3, 0.4) is 0 Å². The van der Waals surface area contributed by atoms with Crippen LogP contribution in [0.4, 0.5) is 10.7 Å². The van der Waals surface area contributed by atoms with Crippen molar-refractivity contribution in [1.82, 2.24) is 0 Å². The highest BCUT2D eigenvalue weighted by molar-refractivity contribution is 7.17. The first-order chi connectivity index (χ1) is 13.1. The Bertz CT molecular complexity index is 978. The molecule has 2 heterocycles. The van der Waals surface area contributed by atoms with Gasteiger partial charge in [-0.05, 0) is 67.6 Å². The predicted molar refractivity (Wildman–Crippen MR) is 107 cm³/mol.